The summed E-state index contributed by atoms with van der Waals surface area (Å²) in [6.07, 6.45) is 1.69. The second-order valence-corrected chi connectivity index (χ2v) is 6.91. The first kappa shape index (κ1) is 18.0. The maximum atomic E-state index is 12.7. The zero-order valence-corrected chi connectivity index (χ0v) is 14.8. The summed E-state index contributed by atoms with van der Waals surface area (Å²) in [5.74, 6) is 0.544. The van der Waals surface area contributed by atoms with Crippen molar-refractivity contribution in [2.45, 2.75) is 52.3 Å². The first-order chi connectivity index (χ1) is 10.9. The molecule has 1 saturated heterocycles. The van der Waals surface area contributed by atoms with Crippen LogP contribution < -0.4 is 0 Å². The number of benzene rings is 1. The highest BCUT2D eigenvalue weighted by molar-refractivity contribution is 5.81. The average molecular weight is 318 g/mol. The van der Waals surface area contributed by atoms with Gasteiger partial charge in [0.15, 0.2) is 0 Å². The summed E-state index contributed by atoms with van der Waals surface area (Å²) in [5.41, 5.74) is 2.42. The Morgan fingerprint density at radius 2 is 1.91 bits per heavy atom. The third-order valence-corrected chi connectivity index (χ3v) is 5.21. The van der Waals surface area contributed by atoms with E-state index in [1.807, 2.05) is 37.9 Å². The van der Waals surface area contributed by atoms with E-state index < -0.39 is 0 Å². The Balaban J connectivity index is 1.91. The number of hydrogen-bond acceptors (Lipinski definition) is 3. The van der Waals surface area contributed by atoms with E-state index in [0.717, 1.165) is 25.9 Å². The van der Waals surface area contributed by atoms with E-state index in [-0.39, 0.29) is 18.1 Å². The maximum absolute atomic E-state index is 12.7. The van der Waals surface area contributed by atoms with Gasteiger partial charge in [0.1, 0.15) is 0 Å². The molecule has 4 nitrogen and oxygen atoms in total. The monoisotopic (exact) mass is 318 g/mol. The summed E-state index contributed by atoms with van der Waals surface area (Å²) in [4.78, 5) is 16.8. The van der Waals surface area contributed by atoms with Gasteiger partial charge in [-0.1, -0.05) is 24.3 Å². The molecule has 1 aromatic rings. The van der Waals surface area contributed by atoms with E-state index in [9.17, 15) is 9.90 Å². The van der Waals surface area contributed by atoms with E-state index in [1.165, 1.54) is 11.1 Å². The fourth-order valence-electron chi connectivity index (χ4n) is 3.39. The van der Waals surface area contributed by atoms with Crippen molar-refractivity contribution >= 4 is 5.91 Å². The number of hydrogen-bond donors (Lipinski definition) is 1. The van der Waals surface area contributed by atoms with Crippen LogP contribution in [0.3, 0.4) is 0 Å². The number of likely N-dealkylation sites (N-methyl/N-ethyl adjacent to an activating group) is 1. The van der Waals surface area contributed by atoms with Crippen LogP contribution in [0, 0.1) is 12.8 Å². The van der Waals surface area contributed by atoms with Crippen LogP contribution in [0.25, 0.3) is 0 Å². The van der Waals surface area contributed by atoms with Gasteiger partial charge in [0.25, 0.3) is 0 Å². The summed E-state index contributed by atoms with van der Waals surface area (Å²) in [5, 5.41) is 9.70. The molecule has 4 heteroatoms. The van der Waals surface area contributed by atoms with Gasteiger partial charge in [0.05, 0.1) is 12.1 Å². The minimum atomic E-state index is -0.244. The third-order valence-electron chi connectivity index (χ3n) is 5.21. The number of amides is 1. The number of nitrogens with zero attached hydrogens (tertiary/aromatic N) is 2. The molecule has 1 N–H and O–H groups in total. The van der Waals surface area contributed by atoms with Crippen LogP contribution >= 0.6 is 0 Å². The second kappa shape index (κ2) is 7.93. The van der Waals surface area contributed by atoms with Crippen molar-refractivity contribution in [1.29, 1.82) is 0 Å². The van der Waals surface area contributed by atoms with Gasteiger partial charge in [0.2, 0.25) is 5.91 Å². The number of carbonyl (C=O) groups excluding carboxylic acids is 1. The smallest absolute Gasteiger partial charge is 0.239 e. The molecule has 2 unspecified atom stereocenters. The molecular weight excluding hydrogens is 288 g/mol. The predicted molar refractivity (Wildman–Crippen MR) is 93.1 cm³/mol. The first-order valence-electron chi connectivity index (χ1n) is 8.61. The highest BCUT2D eigenvalue weighted by Crippen LogP contribution is 2.22. The molecule has 0 aliphatic carbocycles. The maximum Gasteiger partial charge on any atom is 0.239 e. The highest BCUT2D eigenvalue weighted by Gasteiger charge is 2.29. The summed E-state index contributed by atoms with van der Waals surface area (Å²) < 4.78 is 0. The summed E-state index contributed by atoms with van der Waals surface area (Å²) in [7, 11) is 1.88. The van der Waals surface area contributed by atoms with E-state index in [4.69, 9.17) is 0 Å². The topological polar surface area (TPSA) is 43.8 Å². The molecule has 1 aromatic carbocycles. The molecule has 2 atom stereocenters. The number of carbonyl (C=O) groups is 1. The van der Waals surface area contributed by atoms with E-state index >= 15 is 0 Å². The minimum Gasteiger partial charge on any atom is -0.393 e. The summed E-state index contributed by atoms with van der Waals surface area (Å²) >= 11 is 0. The molecule has 1 aliphatic heterocycles. The standard InChI is InChI=1S/C19H30N2O2/c1-14-7-5-6-8-18(14)13-20(4)19(23)15(2)21-11-9-17(10-12-21)16(3)22/h5-8,15-17,22H,9-13H2,1-4H3. The molecule has 0 radical (unpaired) electrons. The largest absolute Gasteiger partial charge is 0.393 e. The van der Waals surface area contributed by atoms with Crippen molar-refractivity contribution in [3.05, 3.63) is 35.4 Å². The van der Waals surface area contributed by atoms with Crippen LogP contribution in [0.5, 0.6) is 0 Å². The number of rotatable bonds is 5. The number of aliphatic hydroxyl groups is 1. The van der Waals surface area contributed by atoms with Crippen LogP contribution in [0.4, 0.5) is 0 Å². The molecule has 1 amide bonds. The van der Waals surface area contributed by atoms with E-state index in [0.29, 0.717) is 12.5 Å². The fourth-order valence-corrected chi connectivity index (χ4v) is 3.39. The summed E-state index contributed by atoms with van der Waals surface area (Å²) in [6.45, 7) is 8.38. The van der Waals surface area contributed by atoms with Crippen LogP contribution in [-0.4, -0.2) is 53.1 Å². The molecule has 0 bridgehead atoms. The van der Waals surface area contributed by atoms with Gasteiger partial charge in [-0.2, -0.15) is 0 Å². The second-order valence-electron chi connectivity index (χ2n) is 6.91. The van der Waals surface area contributed by atoms with Gasteiger partial charge in [-0.3, -0.25) is 9.69 Å². The fraction of sp³-hybridized carbons (Fsp3) is 0.632. The molecule has 1 aliphatic rings. The van der Waals surface area contributed by atoms with Gasteiger partial charge >= 0.3 is 0 Å². The lowest BCUT2D eigenvalue weighted by Gasteiger charge is -2.37. The molecule has 2 rings (SSSR count). The molecule has 0 aromatic heterocycles. The number of likely N-dealkylation sites (tertiary alicyclic amines) is 1. The Morgan fingerprint density at radius 3 is 2.48 bits per heavy atom. The van der Waals surface area contributed by atoms with Crippen molar-refractivity contribution in [3.8, 4) is 0 Å². The molecule has 23 heavy (non-hydrogen) atoms. The quantitative estimate of drug-likeness (QED) is 0.907. The van der Waals surface area contributed by atoms with Gasteiger partial charge in [-0.05, 0) is 63.7 Å². The van der Waals surface area contributed by atoms with Crippen LogP contribution in [0.15, 0.2) is 24.3 Å². The Kier molecular flexibility index (Phi) is 6.19. The highest BCUT2D eigenvalue weighted by atomic mass is 16.3. The summed E-state index contributed by atoms with van der Waals surface area (Å²) in [6, 6.07) is 8.11. The zero-order chi connectivity index (χ0) is 17.0. The molecule has 0 saturated carbocycles. The predicted octanol–water partition coefficient (Wildman–Crippen LogP) is 2.43. The molecule has 0 spiro atoms. The molecule has 1 heterocycles. The average Bonchev–Trinajstić information content (AvgIpc) is 2.55. The van der Waals surface area contributed by atoms with Crippen LogP contribution in [-0.2, 0) is 11.3 Å². The molecule has 1 fully saturated rings. The lowest BCUT2D eigenvalue weighted by molar-refractivity contribution is -0.136. The van der Waals surface area contributed by atoms with Gasteiger partial charge in [0, 0.05) is 13.6 Å². The van der Waals surface area contributed by atoms with Crippen molar-refractivity contribution in [3.63, 3.8) is 0 Å². The van der Waals surface area contributed by atoms with Crippen LogP contribution in [0.2, 0.25) is 0 Å². The molecular formula is C19H30N2O2. The zero-order valence-electron chi connectivity index (χ0n) is 14.8. The van der Waals surface area contributed by atoms with E-state index in [1.54, 1.807) is 0 Å². The lowest BCUT2D eigenvalue weighted by atomic mass is 9.91. The Hall–Kier alpha value is -1.39. The van der Waals surface area contributed by atoms with Crippen molar-refractivity contribution in [1.82, 2.24) is 9.80 Å². The van der Waals surface area contributed by atoms with Crippen molar-refractivity contribution in [2.24, 2.45) is 5.92 Å². The van der Waals surface area contributed by atoms with Gasteiger partial charge in [-0.15, -0.1) is 0 Å². The molecule has 128 valence electrons. The normalized spacial score (nSPS) is 19.3. The SMILES string of the molecule is Cc1ccccc1CN(C)C(=O)C(C)N1CCC(C(C)O)CC1. The lowest BCUT2D eigenvalue weighted by Crippen LogP contribution is -2.49. The number of aliphatic hydroxyl groups excluding tert-OH is 1. The minimum absolute atomic E-state index is 0.0982. The number of piperidine rings is 1. The van der Waals surface area contributed by atoms with Gasteiger partial charge < -0.3 is 10.0 Å². The van der Waals surface area contributed by atoms with Crippen molar-refractivity contribution < 1.29 is 9.90 Å². The van der Waals surface area contributed by atoms with Gasteiger partial charge in [-0.25, -0.2) is 0 Å². The number of aryl methyl sites for hydroxylation is 1. The Labute approximate surface area is 140 Å². The van der Waals surface area contributed by atoms with E-state index in [2.05, 4.69) is 24.0 Å². The first-order valence-corrected chi connectivity index (χ1v) is 8.61. The Morgan fingerprint density at radius 1 is 1.30 bits per heavy atom. The third kappa shape index (κ3) is 4.55. The Bertz CT molecular complexity index is 522. The van der Waals surface area contributed by atoms with Crippen LogP contribution in [0.1, 0.15) is 37.8 Å². The van der Waals surface area contributed by atoms with Crippen molar-refractivity contribution in [2.75, 3.05) is 20.1 Å².